The van der Waals surface area contributed by atoms with Crippen LogP contribution in [0, 0.1) is 5.92 Å². The van der Waals surface area contributed by atoms with Crippen molar-refractivity contribution in [3.05, 3.63) is 187 Å². The summed E-state index contributed by atoms with van der Waals surface area (Å²) in [5.41, 5.74) is 14.2. The number of nitrogens with zero attached hydrogens (tertiary/aromatic N) is 5. The van der Waals surface area contributed by atoms with Crippen molar-refractivity contribution in [2.24, 2.45) is 5.92 Å². The molecule has 4 aromatic heterocycles. The highest BCUT2D eigenvalue weighted by Crippen LogP contribution is 2.50. The normalized spacial score (nSPS) is 15.7. The highest BCUT2D eigenvalue weighted by molar-refractivity contribution is 6.19. The molecule has 13 rings (SSSR count). The summed E-state index contributed by atoms with van der Waals surface area (Å²) in [6.45, 7) is 12.1. The molecule has 66 heavy (non-hydrogen) atoms. The van der Waals surface area contributed by atoms with Crippen molar-refractivity contribution >= 4 is 65.6 Å². The molecular weight excluding hydrogens is 807 g/mol. The van der Waals surface area contributed by atoms with E-state index in [4.69, 9.17) is 19.4 Å². The minimum Gasteiger partial charge on any atom is -0.456 e. The van der Waals surface area contributed by atoms with Crippen molar-refractivity contribution in [2.45, 2.75) is 51.9 Å². The van der Waals surface area contributed by atoms with Gasteiger partial charge in [0, 0.05) is 49.1 Å². The van der Waals surface area contributed by atoms with Crippen LogP contribution in [0.15, 0.2) is 180 Å². The van der Waals surface area contributed by atoms with E-state index in [9.17, 15) is 0 Å². The van der Waals surface area contributed by atoms with Crippen LogP contribution in [0.25, 0.3) is 111 Å². The van der Waals surface area contributed by atoms with E-state index < -0.39 is 0 Å². The molecule has 0 N–H and O–H groups in total. The first-order valence-electron chi connectivity index (χ1n) is 23.1. The van der Waals surface area contributed by atoms with Crippen LogP contribution in [0.1, 0.15) is 52.2 Å². The van der Waals surface area contributed by atoms with E-state index in [0.29, 0.717) is 23.5 Å². The first kappa shape index (κ1) is 38.6. The minimum absolute atomic E-state index is 0.0320. The third-order valence-electron chi connectivity index (χ3n) is 14.9. The van der Waals surface area contributed by atoms with Gasteiger partial charge in [-0.1, -0.05) is 156 Å². The summed E-state index contributed by atoms with van der Waals surface area (Å²) >= 11 is 0. The molecule has 0 aliphatic heterocycles. The summed E-state index contributed by atoms with van der Waals surface area (Å²) < 4.78 is 11.1. The van der Waals surface area contributed by atoms with Gasteiger partial charge in [0.25, 0.3) is 0 Å². The maximum absolute atomic E-state index is 6.39. The van der Waals surface area contributed by atoms with Crippen LogP contribution in [0.5, 0.6) is 0 Å². The quantitative estimate of drug-likeness (QED) is 0.173. The Bertz CT molecular complexity index is 3920. The lowest BCUT2D eigenvalue weighted by atomic mass is 9.58. The molecule has 318 valence electrons. The van der Waals surface area contributed by atoms with Gasteiger partial charge in [0.1, 0.15) is 11.2 Å². The van der Waals surface area contributed by atoms with Crippen LogP contribution >= 0.6 is 0 Å². The predicted octanol–water partition coefficient (Wildman–Crippen LogP) is 15.6. The zero-order valence-electron chi connectivity index (χ0n) is 37.7. The Kier molecular flexibility index (Phi) is 8.24. The molecule has 12 aromatic rings. The molecule has 0 saturated carbocycles. The first-order valence-corrected chi connectivity index (χ1v) is 23.1. The summed E-state index contributed by atoms with van der Waals surface area (Å²) in [5, 5.41) is 6.85. The number of fused-ring (bicyclic) bond motifs is 10. The zero-order valence-corrected chi connectivity index (χ0v) is 37.7. The van der Waals surface area contributed by atoms with E-state index in [1.807, 2.05) is 24.3 Å². The number of furan rings is 1. The fourth-order valence-corrected chi connectivity index (χ4v) is 11.1. The maximum Gasteiger partial charge on any atom is 0.238 e. The third-order valence-corrected chi connectivity index (χ3v) is 14.9. The first-order chi connectivity index (χ1) is 32.1. The van der Waals surface area contributed by atoms with Crippen molar-refractivity contribution in [2.75, 3.05) is 0 Å². The third kappa shape index (κ3) is 5.77. The van der Waals surface area contributed by atoms with Gasteiger partial charge in [-0.2, -0.15) is 9.97 Å². The zero-order chi connectivity index (χ0) is 44.5. The number of rotatable bonds is 5. The molecule has 1 aliphatic rings. The number of benzene rings is 8. The Morgan fingerprint density at radius 2 is 1.02 bits per heavy atom. The lowest BCUT2D eigenvalue weighted by molar-refractivity contribution is 0.233. The van der Waals surface area contributed by atoms with E-state index in [0.717, 1.165) is 77.9 Å². The standard InChI is InChI=1S/C60H47N5O/c1-36-35-59(2,3)48-30-28-41(32-49(48)60(36,4)5)64-50-20-12-9-17-42(50)46-33-47-43-18-10-13-21-51(43)65(53(47)34-52(46)64)58-62-56(39-25-23-38(24-26-39)37-15-7-6-8-16-37)61-57(63-58)40-27-29-45-44-19-11-14-22-54(44)66-55(45)31-40/h6-34,36H,35H2,1-5H3. The van der Waals surface area contributed by atoms with Gasteiger partial charge < -0.3 is 8.98 Å². The van der Waals surface area contributed by atoms with Crippen LogP contribution in [-0.4, -0.2) is 24.1 Å². The van der Waals surface area contributed by atoms with Crippen molar-refractivity contribution < 1.29 is 4.42 Å². The predicted molar refractivity (Wildman–Crippen MR) is 272 cm³/mol. The number of hydrogen-bond acceptors (Lipinski definition) is 4. The highest BCUT2D eigenvalue weighted by atomic mass is 16.3. The van der Waals surface area contributed by atoms with E-state index >= 15 is 0 Å². The van der Waals surface area contributed by atoms with Crippen molar-refractivity contribution in [3.63, 3.8) is 0 Å². The topological polar surface area (TPSA) is 61.7 Å². The average Bonchev–Trinajstić information content (AvgIpc) is 3.99. The van der Waals surface area contributed by atoms with E-state index in [1.165, 1.54) is 33.1 Å². The molecule has 4 heterocycles. The Morgan fingerprint density at radius 3 is 1.76 bits per heavy atom. The van der Waals surface area contributed by atoms with Gasteiger partial charge in [-0.15, -0.1) is 0 Å². The molecule has 0 spiro atoms. The van der Waals surface area contributed by atoms with Gasteiger partial charge in [0.05, 0.1) is 22.1 Å². The van der Waals surface area contributed by atoms with E-state index in [-0.39, 0.29) is 10.8 Å². The van der Waals surface area contributed by atoms with E-state index in [2.05, 4.69) is 195 Å². The minimum atomic E-state index is 0.0320. The maximum atomic E-state index is 6.39. The van der Waals surface area contributed by atoms with Crippen LogP contribution in [-0.2, 0) is 10.8 Å². The second kappa shape index (κ2) is 14.1. The molecule has 1 unspecified atom stereocenters. The van der Waals surface area contributed by atoms with Crippen molar-refractivity contribution in [1.29, 1.82) is 0 Å². The fraction of sp³-hybridized carbons (Fsp3) is 0.150. The lowest BCUT2D eigenvalue weighted by Crippen LogP contribution is -2.40. The summed E-state index contributed by atoms with van der Waals surface area (Å²) in [4.78, 5) is 16.0. The molecule has 1 atom stereocenters. The Balaban J connectivity index is 1.07. The van der Waals surface area contributed by atoms with Gasteiger partial charge >= 0.3 is 0 Å². The van der Waals surface area contributed by atoms with Gasteiger partial charge in [0.2, 0.25) is 5.95 Å². The molecule has 8 aromatic carbocycles. The number of hydrogen-bond donors (Lipinski definition) is 0. The SMILES string of the molecule is CC1CC(C)(C)c2ccc(-n3c4ccccc4c4cc5c6ccccc6n(-c6nc(-c7ccc(-c8ccccc8)cc7)nc(-c7ccc8c(c7)oc7ccccc78)n6)c5cc43)cc2C1(C)C. The molecule has 0 fully saturated rings. The average molecular weight is 854 g/mol. The highest BCUT2D eigenvalue weighted by Gasteiger charge is 2.42. The Morgan fingerprint density at radius 1 is 0.439 bits per heavy atom. The van der Waals surface area contributed by atoms with Gasteiger partial charge in [-0.25, -0.2) is 4.98 Å². The smallest absolute Gasteiger partial charge is 0.238 e. The van der Waals surface area contributed by atoms with Gasteiger partial charge in [-0.3, -0.25) is 4.57 Å². The second-order valence-electron chi connectivity index (χ2n) is 19.6. The molecule has 6 heteroatoms. The van der Waals surface area contributed by atoms with Crippen molar-refractivity contribution in [3.8, 4) is 45.5 Å². The Hall–Kier alpha value is -7.83. The van der Waals surface area contributed by atoms with Crippen molar-refractivity contribution in [1.82, 2.24) is 24.1 Å². The van der Waals surface area contributed by atoms with Crippen LogP contribution in [0.2, 0.25) is 0 Å². The summed E-state index contributed by atoms with van der Waals surface area (Å²) in [6, 6.07) is 62.8. The fourth-order valence-electron chi connectivity index (χ4n) is 11.1. The lowest BCUT2D eigenvalue weighted by Gasteiger charge is -2.46. The van der Waals surface area contributed by atoms with Gasteiger partial charge in [0.15, 0.2) is 11.6 Å². The molecule has 0 radical (unpaired) electrons. The van der Waals surface area contributed by atoms with Crippen LogP contribution in [0.3, 0.4) is 0 Å². The molecule has 1 aliphatic carbocycles. The van der Waals surface area contributed by atoms with Crippen LogP contribution in [0.4, 0.5) is 0 Å². The Labute approximate surface area is 382 Å². The summed E-state index contributed by atoms with van der Waals surface area (Å²) in [6.07, 6.45) is 1.16. The molecule has 0 amide bonds. The molecular formula is C60H47N5O. The molecule has 0 bridgehead atoms. The monoisotopic (exact) mass is 853 g/mol. The van der Waals surface area contributed by atoms with Gasteiger partial charge in [-0.05, 0) is 100 Å². The molecule has 0 saturated heterocycles. The summed E-state index contributed by atoms with van der Waals surface area (Å²) in [7, 11) is 0. The number of aromatic nitrogens is 5. The molecule has 6 nitrogen and oxygen atoms in total. The summed E-state index contributed by atoms with van der Waals surface area (Å²) in [5.74, 6) is 2.25. The van der Waals surface area contributed by atoms with Crippen LogP contribution < -0.4 is 0 Å². The number of para-hydroxylation sites is 3. The van der Waals surface area contributed by atoms with E-state index in [1.54, 1.807) is 0 Å². The second-order valence-corrected chi connectivity index (χ2v) is 19.6. The largest absolute Gasteiger partial charge is 0.456 e.